The summed E-state index contributed by atoms with van der Waals surface area (Å²) in [7, 11) is 0. The Balaban J connectivity index is 1.63. The third-order valence-electron chi connectivity index (χ3n) is 5.41. The number of thiocarbonyl (C=S) groups is 2. The highest BCUT2D eigenvalue weighted by Gasteiger charge is 2.48. The third kappa shape index (κ3) is 6.50. The molecule has 10 heteroatoms. The molecule has 2 saturated heterocycles. The molecule has 0 amide bonds. The van der Waals surface area contributed by atoms with Gasteiger partial charge in [-0.1, -0.05) is 84.2 Å². The van der Waals surface area contributed by atoms with Gasteiger partial charge in [0.2, 0.25) is 8.77 Å². The first-order valence-corrected chi connectivity index (χ1v) is 14.0. The molecule has 0 spiro atoms. The fourth-order valence-electron chi connectivity index (χ4n) is 3.79. The molecule has 0 N–H and O–H groups in total. The highest BCUT2D eigenvalue weighted by molar-refractivity contribution is 8.22. The van der Waals surface area contributed by atoms with E-state index in [0.717, 1.165) is 11.1 Å². The SMILES string of the molecule is CSC(=S)O[C@@H]1CO[C@@H](c2ccccc2)O[C@H]1[C@@H]1O[C@H](c2ccccc2)OC[C@H]1OC(=S)SC. The van der Waals surface area contributed by atoms with E-state index in [-0.39, 0.29) is 13.2 Å². The van der Waals surface area contributed by atoms with Gasteiger partial charge in [-0.25, -0.2) is 0 Å². The van der Waals surface area contributed by atoms with Crippen molar-refractivity contribution in [2.45, 2.75) is 37.0 Å². The van der Waals surface area contributed by atoms with E-state index in [1.807, 2.05) is 73.2 Å². The lowest BCUT2D eigenvalue weighted by Gasteiger charge is -2.45. The Morgan fingerprint density at radius 3 is 1.44 bits per heavy atom. The highest BCUT2D eigenvalue weighted by Crippen LogP contribution is 2.37. The summed E-state index contributed by atoms with van der Waals surface area (Å²) >= 11 is 13.4. The number of ether oxygens (including phenoxy) is 6. The second-order valence-corrected chi connectivity index (χ2v) is 10.4. The first-order valence-electron chi connectivity index (χ1n) is 10.7. The van der Waals surface area contributed by atoms with Crippen LogP contribution in [0.1, 0.15) is 23.7 Å². The molecule has 0 saturated carbocycles. The maximum Gasteiger partial charge on any atom is 0.220 e. The molecule has 2 aliphatic heterocycles. The van der Waals surface area contributed by atoms with Crippen molar-refractivity contribution < 1.29 is 28.4 Å². The minimum atomic E-state index is -0.580. The molecule has 2 aromatic rings. The number of benzene rings is 2. The van der Waals surface area contributed by atoms with Crippen LogP contribution in [0.4, 0.5) is 0 Å². The molecule has 6 nitrogen and oxygen atoms in total. The van der Waals surface area contributed by atoms with E-state index >= 15 is 0 Å². The van der Waals surface area contributed by atoms with Crippen molar-refractivity contribution in [1.82, 2.24) is 0 Å². The standard InChI is InChI=1S/C24H26O6S4/c1-33-23(31)27-17-13-25-21(15-9-5-3-6-10-15)29-19(17)20-18(28-24(32)34-2)14-26-22(30-20)16-11-7-4-8-12-16/h3-12,17-22H,13-14H2,1-2H3/t17-,18-,19-,20-,21-,22-/m1/s1. The zero-order valence-electron chi connectivity index (χ0n) is 18.7. The molecule has 0 radical (unpaired) electrons. The van der Waals surface area contributed by atoms with Crippen molar-refractivity contribution >= 4 is 56.7 Å². The number of rotatable bonds is 5. The van der Waals surface area contributed by atoms with Crippen LogP contribution in [-0.4, -0.2) is 58.9 Å². The van der Waals surface area contributed by atoms with Crippen molar-refractivity contribution in [3.8, 4) is 0 Å². The van der Waals surface area contributed by atoms with Crippen LogP contribution in [-0.2, 0) is 28.4 Å². The van der Waals surface area contributed by atoms with E-state index in [1.165, 1.54) is 23.5 Å². The monoisotopic (exact) mass is 538 g/mol. The summed E-state index contributed by atoms with van der Waals surface area (Å²) in [6.45, 7) is 0.558. The van der Waals surface area contributed by atoms with Gasteiger partial charge in [-0.2, -0.15) is 0 Å². The average Bonchev–Trinajstić information content (AvgIpc) is 2.90. The lowest BCUT2D eigenvalue weighted by Crippen LogP contribution is -2.57. The Labute approximate surface area is 219 Å². The topological polar surface area (TPSA) is 55.4 Å². The van der Waals surface area contributed by atoms with Crippen LogP contribution >= 0.6 is 48.0 Å². The van der Waals surface area contributed by atoms with E-state index in [0.29, 0.717) is 8.77 Å². The first kappa shape index (κ1) is 25.8. The molecule has 2 aliphatic rings. The zero-order chi connectivity index (χ0) is 23.9. The van der Waals surface area contributed by atoms with Crippen molar-refractivity contribution in [3.63, 3.8) is 0 Å². The largest absolute Gasteiger partial charge is 0.470 e. The van der Waals surface area contributed by atoms with Gasteiger partial charge >= 0.3 is 0 Å². The number of thioether (sulfide) groups is 2. The highest BCUT2D eigenvalue weighted by atomic mass is 32.2. The minimum Gasteiger partial charge on any atom is -0.470 e. The van der Waals surface area contributed by atoms with Crippen molar-refractivity contribution in [2.24, 2.45) is 0 Å². The lowest BCUT2D eigenvalue weighted by molar-refractivity contribution is -0.327. The van der Waals surface area contributed by atoms with Gasteiger partial charge in [-0.3, -0.25) is 0 Å². The van der Waals surface area contributed by atoms with Crippen LogP contribution in [0.2, 0.25) is 0 Å². The molecule has 2 heterocycles. The van der Waals surface area contributed by atoms with Crippen molar-refractivity contribution in [2.75, 3.05) is 25.7 Å². The second kappa shape index (κ2) is 12.6. The molecule has 4 rings (SSSR count). The number of hydrogen-bond donors (Lipinski definition) is 0. The molecule has 0 unspecified atom stereocenters. The maximum atomic E-state index is 6.47. The second-order valence-electron chi connectivity index (χ2n) is 7.57. The number of hydrogen-bond acceptors (Lipinski definition) is 10. The van der Waals surface area contributed by atoms with Crippen molar-refractivity contribution in [1.29, 1.82) is 0 Å². The fourth-order valence-corrected chi connectivity index (χ4v) is 4.47. The minimum absolute atomic E-state index is 0.279. The normalized spacial score (nSPS) is 29.2. The van der Waals surface area contributed by atoms with E-state index in [1.54, 1.807) is 0 Å². The van der Waals surface area contributed by atoms with E-state index < -0.39 is 37.0 Å². The van der Waals surface area contributed by atoms with Gasteiger partial charge in [-0.05, 0) is 36.9 Å². The molecule has 0 aromatic heterocycles. The van der Waals surface area contributed by atoms with Crippen LogP contribution in [0, 0.1) is 0 Å². The molecule has 0 aliphatic carbocycles. The molecular formula is C24H26O6S4. The Morgan fingerprint density at radius 2 is 1.09 bits per heavy atom. The first-order chi connectivity index (χ1) is 16.6. The Bertz CT molecular complexity index is 869. The zero-order valence-corrected chi connectivity index (χ0v) is 22.0. The van der Waals surface area contributed by atoms with Gasteiger partial charge in [0.15, 0.2) is 24.8 Å². The summed E-state index contributed by atoms with van der Waals surface area (Å²) in [5.74, 6) is 0. The summed E-state index contributed by atoms with van der Waals surface area (Å²) in [4.78, 5) is 0. The molecule has 34 heavy (non-hydrogen) atoms. The van der Waals surface area contributed by atoms with Gasteiger partial charge < -0.3 is 28.4 Å². The Hall–Kier alpha value is -1.24. The Kier molecular flexibility index (Phi) is 9.61. The summed E-state index contributed by atoms with van der Waals surface area (Å²) in [6, 6.07) is 19.5. The third-order valence-corrected chi connectivity index (χ3v) is 7.47. The summed E-state index contributed by atoms with van der Waals surface area (Å²) in [5, 5.41) is 0. The summed E-state index contributed by atoms with van der Waals surface area (Å²) in [6.07, 6.45) is 0.499. The lowest BCUT2D eigenvalue weighted by atomic mass is 10.00. The van der Waals surface area contributed by atoms with E-state index in [2.05, 4.69) is 0 Å². The quantitative estimate of drug-likeness (QED) is 0.470. The Morgan fingerprint density at radius 1 is 0.706 bits per heavy atom. The molecule has 6 atom stereocenters. The predicted molar refractivity (Wildman–Crippen MR) is 142 cm³/mol. The van der Waals surface area contributed by atoms with E-state index in [9.17, 15) is 0 Å². The smallest absolute Gasteiger partial charge is 0.220 e. The van der Waals surface area contributed by atoms with Gasteiger partial charge in [0.05, 0.1) is 13.2 Å². The molecule has 2 fully saturated rings. The van der Waals surface area contributed by atoms with Crippen LogP contribution < -0.4 is 0 Å². The average molecular weight is 539 g/mol. The van der Waals surface area contributed by atoms with Gasteiger partial charge in [0.25, 0.3) is 0 Å². The predicted octanol–water partition coefficient (Wildman–Crippen LogP) is 5.28. The van der Waals surface area contributed by atoms with Gasteiger partial charge in [0.1, 0.15) is 12.2 Å². The van der Waals surface area contributed by atoms with Crippen LogP contribution in [0.15, 0.2) is 60.7 Å². The van der Waals surface area contributed by atoms with Crippen LogP contribution in [0.25, 0.3) is 0 Å². The molecule has 182 valence electrons. The van der Waals surface area contributed by atoms with E-state index in [4.69, 9.17) is 52.9 Å². The van der Waals surface area contributed by atoms with Gasteiger partial charge in [0, 0.05) is 11.1 Å². The fraction of sp³-hybridized carbons (Fsp3) is 0.417. The van der Waals surface area contributed by atoms with Crippen LogP contribution in [0.5, 0.6) is 0 Å². The summed E-state index contributed by atoms with van der Waals surface area (Å²) < 4.78 is 37.9. The molecule has 2 aromatic carbocycles. The van der Waals surface area contributed by atoms with Gasteiger partial charge in [-0.15, -0.1) is 0 Å². The van der Waals surface area contributed by atoms with Crippen molar-refractivity contribution in [3.05, 3.63) is 71.8 Å². The molecule has 0 bridgehead atoms. The molecular weight excluding hydrogens is 513 g/mol. The van der Waals surface area contributed by atoms with Crippen LogP contribution in [0.3, 0.4) is 0 Å². The summed E-state index contributed by atoms with van der Waals surface area (Å²) in [5.41, 5.74) is 1.81. The maximum absolute atomic E-state index is 6.47.